The van der Waals surface area contributed by atoms with Gasteiger partial charge >= 0.3 is 5.97 Å². The first-order valence-corrected chi connectivity index (χ1v) is 8.74. The minimum Gasteiger partial charge on any atom is -0.504 e. The second-order valence-electron chi connectivity index (χ2n) is 6.28. The third kappa shape index (κ3) is 7.59. The van der Waals surface area contributed by atoms with Crippen LogP contribution in [0.1, 0.15) is 69.7 Å². The van der Waals surface area contributed by atoms with Crippen molar-refractivity contribution >= 4 is 11.8 Å². The molecular weight excluding hydrogens is 306 g/mol. The number of carbonyl (C=O) groups is 2. The summed E-state index contributed by atoms with van der Waals surface area (Å²) in [5.41, 5.74) is 0.389. The van der Waals surface area contributed by atoms with Crippen LogP contribution in [-0.2, 0) is 4.79 Å². The normalized spacial score (nSPS) is 10.8. The van der Waals surface area contributed by atoms with Crippen LogP contribution in [0.25, 0.3) is 0 Å². The average Bonchev–Trinajstić information content (AvgIpc) is 2.54. The van der Waals surface area contributed by atoms with Gasteiger partial charge in [-0.05, 0) is 24.6 Å². The molecule has 0 fully saturated rings. The summed E-state index contributed by atoms with van der Waals surface area (Å²) in [7, 11) is 0. The molecule has 0 radical (unpaired) electrons. The van der Waals surface area contributed by atoms with Gasteiger partial charge in [-0.15, -0.1) is 0 Å². The first kappa shape index (κ1) is 20.2. The summed E-state index contributed by atoms with van der Waals surface area (Å²) in [5, 5.41) is 13.0. The number of esters is 1. The number of carbonyl (C=O) groups excluding carboxylic acids is 2. The molecule has 5 heteroatoms. The summed E-state index contributed by atoms with van der Waals surface area (Å²) in [6.45, 7) is 6.25. The van der Waals surface area contributed by atoms with Crippen molar-refractivity contribution in [2.45, 2.75) is 65.3 Å². The van der Waals surface area contributed by atoms with Crippen molar-refractivity contribution in [1.82, 2.24) is 5.32 Å². The van der Waals surface area contributed by atoms with E-state index < -0.39 is 0 Å². The number of hydrogen-bond acceptors (Lipinski definition) is 5. The molecule has 0 aliphatic heterocycles. The molecular formula is C19H29NO4. The van der Waals surface area contributed by atoms with Crippen LogP contribution in [-0.4, -0.2) is 29.4 Å². The van der Waals surface area contributed by atoms with E-state index in [1.807, 2.05) is 13.8 Å². The van der Waals surface area contributed by atoms with Crippen LogP contribution >= 0.6 is 0 Å². The molecule has 1 rings (SSSR count). The third-order valence-electron chi connectivity index (χ3n) is 3.66. The molecule has 1 aromatic carbocycles. The van der Waals surface area contributed by atoms with E-state index in [1.54, 1.807) is 6.07 Å². The van der Waals surface area contributed by atoms with Crippen LogP contribution in [0, 0.1) is 0 Å². The highest BCUT2D eigenvalue weighted by Gasteiger charge is 2.13. The lowest BCUT2D eigenvalue weighted by Crippen LogP contribution is -2.29. The van der Waals surface area contributed by atoms with Crippen molar-refractivity contribution < 1.29 is 19.4 Å². The van der Waals surface area contributed by atoms with Gasteiger partial charge in [0, 0.05) is 18.0 Å². The van der Waals surface area contributed by atoms with Crippen molar-refractivity contribution in [3.63, 3.8) is 0 Å². The highest BCUT2D eigenvalue weighted by Crippen LogP contribution is 2.27. The van der Waals surface area contributed by atoms with E-state index in [2.05, 4.69) is 12.2 Å². The molecule has 0 bridgehead atoms. The van der Waals surface area contributed by atoms with Gasteiger partial charge in [0.2, 0.25) is 0 Å². The summed E-state index contributed by atoms with van der Waals surface area (Å²) in [6, 6.07) is 4.58. The Hall–Kier alpha value is -1.88. The van der Waals surface area contributed by atoms with E-state index in [0.717, 1.165) is 25.7 Å². The maximum Gasteiger partial charge on any atom is 0.311 e. The smallest absolute Gasteiger partial charge is 0.311 e. The molecule has 2 N–H and O–H groups in total. The Bertz CT molecular complexity index is 540. The Labute approximate surface area is 144 Å². The number of ether oxygens (including phenoxy) is 1. The second kappa shape index (κ2) is 10.8. The molecule has 0 saturated carbocycles. The zero-order valence-corrected chi connectivity index (χ0v) is 14.9. The van der Waals surface area contributed by atoms with Crippen molar-refractivity contribution in [3.05, 3.63) is 23.8 Å². The van der Waals surface area contributed by atoms with Gasteiger partial charge in [-0.2, -0.15) is 0 Å². The van der Waals surface area contributed by atoms with Crippen LogP contribution in [0.15, 0.2) is 18.2 Å². The number of ketones is 1. The van der Waals surface area contributed by atoms with E-state index in [-0.39, 0.29) is 35.8 Å². The Balaban J connectivity index is 2.49. The molecule has 0 saturated heterocycles. The summed E-state index contributed by atoms with van der Waals surface area (Å²) in [4.78, 5) is 23.8. The van der Waals surface area contributed by atoms with Crippen molar-refractivity contribution in [2.24, 2.45) is 0 Å². The van der Waals surface area contributed by atoms with Gasteiger partial charge in [0.05, 0.1) is 6.54 Å². The fraction of sp³-hybridized carbons (Fsp3) is 0.579. The zero-order valence-electron chi connectivity index (χ0n) is 14.9. The van der Waals surface area contributed by atoms with Gasteiger partial charge in [-0.3, -0.25) is 9.59 Å². The third-order valence-corrected chi connectivity index (χ3v) is 3.66. The summed E-state index contributed by atoms with van der Waals surface area (Å²) >= 11 is 0. The molecule has 0 aliphatic carbocycles. The van der Waals surface area contributed by atoms with E-state index in [4.69, 9.17) is 4.74 Å². The maximum absolute atomic E-state index is 12.0. The molecule has 5 nitrogen and oxygen atoms in total. The molecule has 0 atom stereocenters. The first-order valence-electron chi connectivity index (χ1n) is 8.74. The van der Waals surface area contributed by atoms with Gasteiger partial charge in [-0.1, -0.05) is 46.5 Å². The molecule has 0 spiro atoms. The number of Topliss-reactive ketones (excluding diaryl/α,β-unsaturated/α-hetero) is 1. The number of hydrogen-bond donors (Lipinski definition) is 2. The molecule has 0 unspecified atom stereocenters. The molecule has 0 aliphatic rings. The van der Waals surface area contributed by atoms with Crippen LogP contribution in [0.4, 0.5) is 0 Å². The van der Waals surface area contributed by atoms with Crippen LogP contribution in [0.3, 0.4) is 0 Å². The van der Waals surface area contributed by atoms with Gasteiger partial charge < -0.3 is 15.2 Å². The standard InChI is InChI=1S/C19H29NO4/c1-4-5-6-7-8-9-19(23)24-18-11-10-15(12-16(18)21)17(22)13-20-14(2)3/h10-12,14,20-21H,4-9,13H2,1-3H3. The van der Waals surface area contributed by atoms with E-state index >= 15 is 0 Å². The number of benzene rings is 1. The van der Waals surface area contributed by atoms with Crippen LogP contribution < -0.4 is 10.1 Å². The zero-order chi connectivity index (χ0) is 17.9. The number of rotatable bonds is 11. The van der Waals surface area contributed by atoms with Gasteiger partial charge in [0.25, 0.3) is 0 Å². The molecule has 24 heavy (non-hydrogen) atoms. The van der Waals surface area contributed by atoms with Crippen LogP contribution in [0.5, 0.6) is 11.5 Å². The Morgan fingerprint density at radius 1 is 1.17 bits per heavy atom. The van der Waals surface area contributed by atoms with Crippen molar-refractivity contribution in [1.29, 1.82) is 0 Å². The van der Waals surface area contributed by atoms with Gasteiger partial charge in [0.15, 0.2) is 17.3 Å². The monoisotopic (exact) mass is 335 g/mol. The van der Waals surface area contributed by atoms with E-state index in [1.165, 1.54) is 18.6 Å². The highest BCUT2D eigenvalue weighted by molar-refractivity contribution is 5.98. The number of phenolic OH excluding ortho intramolecular Hbond substituents is 1. The predicted octanol–water partition coefficient (Wildman–Crippen LogP) is 3.84. The molecule has 0 aromatic heterocycles. The Kier molecular flexibility index (Phi) is 9.08. The molecule has 0 heterocycles. The summed E-state index contributed by atoms with van der Waals surface area (Å²) in [6.07, 6.45) is 5.59. The molecule has 1 aromatic rings. The van der Waals surface area contributed by atoms with E-state index in [0.29, 0.717) is 12.0 Å². The Morgan fingerprint density at radius 2 is 1.88 bits per heavy atom. The quantitative estimate of drug-likeness (QED) is 0.278. The lowest BCUT2D eigenvalue weighted by molar-refractivity contribution is -0.134. The fourth-order valence-electron chi connectivity index (χ4n) is 2.22. The SMILES string of the molecule is CCCCCCCC(=O)Oc1ccc(C(=O)CNC(C)C)cc1O. The molecule has 134 valence electrons. The average molecular weight is 335 g/mol. The number of nitrogens with one attached hydrogen (secondary N) is 1. The summed E-state index contributed by atoms with van der Waals surface area (Å²) < 4.78 is 5.17. The number of phenols is 1. The first-order chi connectivity index (χ1) is 11.4. The highest BCUT2D eigenvalue weighted by atomic mass is 16.5. The van der Waals surface area contributed by atoms with E-state index in [9.17, 15) is 14.7 Å². The summed E-state index contributed by atoms with van der Waals surface area (Å²) in [5.74, 6) is -0.568. The lowest BCUT2D eigenvalue weighted by atomic mass is 10.1. The lowest BCUT2D eigenvalue weighted by Gasteiger charge is -2.09. The fourth-order valence-corrected chi connectivity index (χ4v) is 2.22. The number of aromatic hydroxyl groups is 1. The Morgan fingerprint density at radius 3 is 2.50 bits per heavy atom. The van der Waals surface area contributed by atoms with Crippen LogP contribution in [0.2, 0.25) is 0 Å². The minimum absolute atomic E-state index is 0.0990. The predicted molar refractivity (Wildman–Crippen MR) is 94.6 cm³/mol. The second-order valence-corrected chi connectivity index (χ2v) is 6.28. The maximum atomic E-state index is 12.0. The largest absolute Gasteiger partial charge is 0.504 e. The van der Waals surface area contributed by atoms with Crippen molar-refractivity contribution in [2.75, 3.05) is 6.54 Å². The van der Waals surface area contributed by atoms with Gasteiger partial charge in [0.1, 0.15) is 0 Å². The van der Waals surface area contributed by atoms with Gasteiger partial charge in [-0.25, -0.2) is 0 Å². The van der Waals surface area contributed by atoms with Crippen molar-refractivity contribution in [3.8, 4) is 11.5 Å². The molecule has 0 amide bonds. The minimum atomic E-state index is -0.359. The topological polar surface area (TPSA) is 75.6 Å². The number of unbranched alkanes of at least 4 members (excludes halogenated alkanes) is 4.